The zero-order chi connectivity index (χ0) is 23.4. The summed E-state index contributed by atoms with van der Waals surface area (Å²) in [6.07, 6.45) is -0.224. The van der Waals surface area contributed by atoms with Crippen LogP contribution in [0.3, 0.4) is 0 Å². The van der Waals surface area contributed by atoms with Crippen LogP contribution in [0.15, 0.2) is 59.8 Å². The second-order valence-corrected chi connectivity index (χ2v) is 7.29. The molecule has 0 saturated heterocycles. The van der Waals surface area contributed by atoms with Gasteiger partial charge >= 0.3 is 5.97 Å². The molecule has 1 heterocycles. The van der Waals surface area contributed by atoms with E-state index in [1.807, 2.05) is 6.07 Å². The minimum Gasteiger partial charge on any atom is -0.463 e. The number of benzene rings is 2. The van der Waals surface area contributed by atoms with Crippen LogP contribution in [-0.4, -0.2) is 29.3 Å². The number of amides is 2. The van der Waals surface area contributed by atoms with Gasteiger partial charge in [-0.25, -0.2) is 4.79 Å². The van der Waals surface area contributed by atoms with Crippen molar-refractivity contribution in [3.05, 3.63) is 75.5 Å². The molecule has 1 N–H and O–H groups in total. The molecule has 0 bridgehead atoms. The molecule has 3 rings (SSSR count). The largest absolute Gasteiger partial charge is 0.463 e. The number of nitro groups is 1. The third-order valence-corrected chi connectivity index (χ3v) is 5.21. The molecule has 2 aromatic rings. The number of nitro benzene ring substituents is 1. The van der Waals surface area contributed by atoms with Crippen molar-refractivity contribution in [3.63, 3.8) is 0 Å². The molecule has 0 fully saturated rings. The van der Waals surface area contributed by atoms with E-state index < -0.39 is 22.7 Å². The molecule has 1 atom stereocenters. The van der Waals surface area contributed by atoms with Crippen molar-refractivity contribution in [2.75, 3.05) is 16.8 Å². The highest BCUT2D eigenvalue weighted by atomic mass is 16.6. The first-order valence-corrected chi connectivity index (χ1v) is 10.1. The molecule has 0 aliphatic carbocycles. The fourth-order valence-electron chi connectivity index (χ4n) is 3.69. The Balaban J connectivity index is 1.98. The van der Waals surface area contributed by atoms with Crippen LogP contribution < -0.4 is 10.2 Å². The van der Waals surface area contributed by atoms with Gasteiger partial charge in [-0.05, 0) is 44.5 Å². The summed E-state index contributed by atoms with van der Waals surface area (Å²) in [7, 11) is 0. The predicted octanol–water partition coefficient (Wildman–Crippen LogP) is 3.73. The maximum absolute atomic E-state index is 13.1. The number of non-ortho nitro benzene ring substituents is 1. The second-order valence-electron chi connectivity index (χ2n) is 7.29. The van der Waals surface area contributed by atoms with E-state index in [4.69, 9.17) is 4.74 Å². The zero-order valence-electron chi connectivity index (χ0n) is 18.0. The Morgan fingerprint density at radius 3 is 2.47 bits per heavy atom. The van der Waals surface area contributed by atoms with Crippen LogP contribution in [0.4, 0.5) is 17.1 Å². The van der Waals surface area contributed by atoms with Crippen LogP contribution in [0.1, 0.15) is 25.8 Å². The average Bonchev–Trinajstić information content (AvgIpc) is 2.75. The number of nitrogens with one attached hydrogen (secondary N) is 1. The number of carbonyl (C=O) groups excluding carboxylic acids is 3. The summed E-state index contributed by atoms with van der Waals surface area (Å²) in [5.41, 5.74) is 1.76. The molecule has 2 aromatic carbocycles. The van der Waals surface area contributed by atoms with E-state index in [0.29, 0.717) is 22.6 Å². The van der Waals surface area contributed by atoms with Crippen LogP contribution in [-0.2, 0) is 19.1 Å². The first kappa shape index (κ1) is 22.7. The summed E-state index contributed by atoms with van der Waals surface area (Å²) in [4.78, 5) is 50.7. The van der Waals surface area contributed by atoms with Crippen molar-refractivity contribution in [2.45, 2.75) is 27.2 Å². The van der Waals surface area contributed by atoms with Gasteiger partial charge in [0, 0.05) is 35.6 Å². The minimum absolute atomic E-state index is 0.102. The first-order chi connectivity index (χ1) is 15.2. The molecular weight excluding hydrogens is 414 g/mol. The van der Waals surface area contributed by atoms with Crippen molar-refractivity contribution >= 4 is 34.8 Å². The van der Waals surface area contributed by atoms with Gasteiger partial charge in [0.25, 0.3) is 5.69 Å². The second kappa shape index (κ2) is 9.42. The van der Waals surface area contributed by atoms with Crippen LogP contribution in [0, 0.1) is 23.0 Å². The highest BCUT2D eigenvalue weighted by molar-refractivity contribution is 6.10. The summed E-state index contributed by atoms with van der Waals surface area (Å²) < 4.78 is 5.18. The molecular formula is C23H23N3O6. The van der Waals surface area contributed by atoms with E-state index in [2.05, 4.69) is 5.32 Å². The maximum Gasteiger partial charge on any atom is 0.336 e. The number of rotatable bonds is 6. The van der Waals surface area contributed by atoms with Gasteiger partial charge in [0.1, 0.15) is 0 Å². The Labute approximate surface area is 184 Å². The van der Waals surface area contributed by atoms with Crippen molar-refractivity contribution < 1.29 is 24.0 Å². The monoisotopic (exact) mass is 437 g/mol. The summed E-state index contributed by atoms with van der Waals surface area (Å²) in [6, 6.07) is 12.9. The lowest BCUT2D eigenvalue weighted by Gasteiger charge is -2.33. The lowest BCUT2D eigenvalue weighted by molar-refractivity contribution is -0.384. The summed E-state index contributed by atoms with van der Waals surface area (Å²) in [6.45, 7) is 5.00. The fraction of sp³-hybridized carbons (Fsp3) is 0.261. The Kier molecular flexibility index (Phi) is 6.67. The van der Waals surface area contributed by atoms with Gasteiger partial charge < -0.3 is 10.1 Å². The lowest BCUT2D eigenvalue weighted by atomic mass is 9.88. The van der Waals surface area contributed by atoms with Gasteiger partial charge in [-0.15, -0.1) is 0 Å². The smallest absolute Gasteiger partial charge is 0.336 e. The number of hydrogen-bond donors (Lipinski definition) is 1. The van der Waals surface area contributed by atoms with Crippen molar-refractivity contribution in [3.8, 4) is 0 Å². The molecule has 0 radical (unpaired) electrons. The topological polar surface area (TPSA) is 119 Å². The molecule has 0 saturated carbocycles. The molecule has 1 unspecified atom stereocenters. The number of carbonyl (C=O) groups is 3. The first-order valence-electron chi connectivity index (χ1n) is 10.1. The number of para-hydroxylation sites is 1. The molecule has 1 aliphatic rings. The number of anilines is 2. The Hall–Kier alpha value is -4.01. The number of hydrogen-bond acceptors (Lipinski definition) is 6. The van der Waals surface area contributed by atoms with Crippen LogP contribution >= 0.6 is 0 Å². The Bertz CT molecular complexity index is 1110. The zero-order valence-corrected chi connectivity index (χ0v) is 18.0. The molecule has 166 valence electrons. The van der Waals surface area contributed by atoms with Gasteiger partial charge in [-0.3, -0.25) is 24.6 Å². The van der Waals surface area contributed by atoms with Crippen molar-refractivity contribution in [2.24, 2.45) is 5.92 Å². The molecule has 9 nitrogen and oxygen atoms in total. The highest BCUT2D eigenvalue weighted by Gasteiger charge is 2.40. The number of ether oxygens (including phenoxy) is 1. The van der Waals surface area contributed by atoms with Gasteiger partial charge in [-0.1, -0.05) is 18.2 Å². The molecule has 9 heteroatoms. The summed E-state index contributed by atoms with van der Waals surface area (Å²) in [5.74, 6) is -2.62. The van der Waals surface area contributed by atoms with Crippen LogP contribution in [0.2, 0.25) is 0 Å². The Morgan fingerprint density at radius 2 is 1.88 bits per heavy atom. The quantitative estimate of drug-likeness (QED) is 0.418. The third-order valence-electron chi connectivity index (χ3n) is 5.21. The van der Waals surface area contributed by atoms with Crippen molar-refractivity contribution in [1.82, 2.24) is 0 Å². The van der Waals surface area contributed by atoms with E-state index in [9.17, 15) is 24.5 Å². The average molecular weight is 437 g/mol. The minimum atomic E-state index is -1.06. The molecule has 2 amide bonds. The number of aryl methyl sites for hydroxylation is 1. The standard InChI is InChI=1S/C23H23N3O6/c1-4-32-23(29)21-15(3)25(16-8-6-5-7-9-16)20(27)13-18(21)22(28)24-19-11-10-17(26(30)31)12-14(19)2/h5-12,18H,4,13H2,1-3H3,(H,24,28). The van der Waals surface area contributed by atoms with Gasteiger partial charge in [0.05, 0.1) is 23.0 Å². The van der Waals surface area contributed by atoms with Crippen LogP contribution in [0.25, 0.3) is 0 Å². The van der Waals surface area contributed by atoms with Crippen molar-refractivity contribution in [1.29, 1.82) is 0 Å². The third kappa shape index (κ3) is 4.51. The number of esters is 1. The predicted molar refractivity (Wildman–Crippen MR) is 118 cm³/mol. The SMILES string of the molecule is CCOC(=O)C1=C(C)N(c2ccccc2)C(=O)CC1C(=O)Nc1ccc([N+](=O)[O-])cc1C. The highest BCUT2D eigenvalue weighted by Crippen LogP contribution is 2.34. The molecule has 32 heavy (non-hydrogen) atoms. The van der Waals surface area contributed by atoms with E-state index in [1.54, 1.807) is 45.0 Å². The van der Waals surface area contributed by atoms with E-state index in [1.165, 1.54) is 23.1 Å². The fourth-order valence-corrected chi connectivity index (χ4v) is 3.69. The van der Waals surface area contributed by atoms with Gasteiger partial charge in [0.2, 0.25) is 11.8 Å². The summed E-state index contributed by atoms with van der Waals surface area (Å²) >= 11 is 0. The lowest BCUT2D eigenvalue weighted by Crippen LogP contribution is -2.43. The Morgan fingerprint density at radius 1 is 1.19 bits per heavy atom. The van der Waals surface area contributed by atoms with Gasteiger partial charge in [-0.2, -0.15) is 0 Å². The number of allylic oxidation sites excluding steroid dienone is 1. The van der Waals surface area contributed by atoms with Crippen LogP contribution in [0.5, 0.6) is 0 Å². The molecule has 1 aliphatic heterocycles. The summed E-state index contributed by atoms with van der Waals surface area (Å²) in [5, 5.41) is 13.6. The van der Waals surface area contributed by atoms with E-state index >= 15 is 0 Å². The van der Waals surface area contributed by atoms with E-state index in [-0.39, 0.29) is 30.2 Å². The maximum atomic E-state index is 13.1. The number of nitrogens with zero attached hydrogens (tertiary/aromatic N) is 2. The van der Waals surface area contributed by atoms with E-state index in [0.717, 1.165) is 0 Å². The molecule has 0 spiro atoms. The normalized spacial score (nSPS) is 16.0. The molecule has 0 aromatic heterocycles. The van der Waals surface area contributed by atoms with Gasteiger partial charge in [0.15, 0.2) is 0 Å².